The van der Waals surface area contributed by atoms with Crippen molar-refractivity contribution in [3.05, 3.63) is 6.92 Å². The number of hydrogen-bond donors (Lipinski definition) is 0. The molecule has 0 aliphatic carbocycles. The molecule has 0 saturated heterocycles. The Hall–Kier alpha value is -0.710. The minimum absolute atomic E-state index is 0.494. The highest BCUT2D eigenvalue weighted by molar-refractivity contribution is 8.13. The molecule has 0 aromatic rings. The van der Waals surface area contributed by atoms with Gasteiger partial charge < -0.3 is 4.84 Å². The van der Waals surface area contributed by atoms with Crippen molar-refractivity contribution in [2.24, 2.45) is 0 Å². The lowest BCUT2D eigenvalue weighted by Gasteiger charge is -2.12. The maximum Gasteiger partial charge on any atom is 0.391 e. The lowest BCUT2D eigenvalue weighted by Crippen LogP contribution is -2.26. The van der Waals surface area contributed by atoms with E-state index in [-0.39, 0.29) is 0 Å². The number of hydrogen-bond acceptors (Lipinski definition) is 4. The van der Waals surface area contributed by atoms with E-state index in [1.807, 2.05) is 6.92 Å². The Morgan fingerprint density at radius 2 is 2.18 bits per heavy atom. The fourth-order valence-corrected chi connectivity index (χ4v) is 0.707. The molecule has 0 saturated carbocycles. The molecule has 0 N–H and O–H groups in total. The van der Waals surface area contributed by atoms with Crippen LogP contribution in [0.4, 0.5) is 4.79 Å². The van der Waals surface area contributed by atoms with Crippen LogP contribution in [0.1, 0.15) is 6.92 Å². The van der Waals surface area contributed by atoms with Crippen LogP contribution >= 0.6 is 11.8 Å². The van der Waals surface area contributed by atoms with Gasteiger partial charge in [-0.2, -0.15) is 5.06 Å². The van der Waals surface area contributed by atoms with Crippen LogP contribution in [0.15, 0.2) is 0 Å². The standard InChI is InChI=1S/C6H10NO3S/c1-4-11-6(9)10-7(3)5(2)8/h2,4H2,1,3H3. The van der Waals surface area contributed by atoms with Gasteiger partial charge in [0.15, 0.2) is 0 Å². The fourth-order valence-electron chi connectivity index (χ4n) is 0.307. The van der Waals surface area contributed by atoms with E-state index >= 15 is 0 Å². The lowest BCUT2D eigenvalue weighted by molar-refractivity contribution is -0.151. The van der Waals surface area contributed by atoms with Crippen molar-refractivity contribution in [2.45, 2.75) is 6.92 Å². The van der Waals surface area contributed by atoms with Crippen LogP contribution in [-0.4, -0.2) is 29.1 Å². The third-order valence-corrected chi connectivity index (χ3v) is 1.42. The Morgan fingerprint density at radius 1 is 1.64 bits per heavy atom. The van der Waals surface area contributed by atoms with Crippen LogP contribution in [0, 0.1) is 6.92 Å². The van der Waals surface area contributed by atoms with Crippen molar-refractivity contribution in [3.63, 3.8) is 0 Å². The van der Waals surface area contributed by atoms with Gasteiger partial charge in [0.25, 0.3) is 5.91 Å². The molecule has 4 nitrogen and oxygen atoms in total. The second kappa shape index (κ2) is 5.01. The van der Waals surface area contributed by atoms with Crippen LogP contribution in [0.3, 0.4) is 0 Å². The van der Waals surface area contributed by atoms with Gasteiger partial charge in [-0.05, 0) is 11.8 Å². The molecular formula is C6H10NO3S. The zero-order chi connectivity index (χ0) is 8.85. The molecule has 0 unspecified atom stereocenters. The third-order valence-electron chi connectivity index (χ3n) is 0.825. The molecular weight excluding hydrogens is 166 g/mol. The van der Waals surface area contributed by atoms with Gasteiger partial charge in [-0.25, -0.2) is 4.79 Å². The van der Waals surface area contributed by atoms with Crippen molar-refractivity contribution in [1.29, 1.82) is 0 Å². The Labute approximate surface area is 69.8 Å². The van der Waals surface area contributed by atoms with Crippen molar-refractivity contribution in [3.8, 4) is 0 Å². The third kappa shape index (κ3) is 4.66. The molecule has 5 heteroatoms. The Kier molecular flexibility index (Phi) is 4.69. The molecule has 0 aliphatic rings. The summed E-state index contributed by atoms with van der Waals surface area (Å²) in [6.45, 7) is 4.87. The molecule has 0 aliphatic heterocycles. The lowest BCUT2D eigenvalue weighted by atomic mass is 10.7. The van der Waals surface area contributed by atoms with Gasteiger partial charge in [-0.15, -0.1) is 0 Å². The van der Waals surface area contributed by atoms with Gasteiger partial charge >= 0.3 is 5.30 Å². The number of amides is 1. The van der Waals surface area contributed by atoms with Gasteiger partial charge in [0.1, 0.15) is 0 Å². The summed E-state index contributed by atoms with van der Waals surface area (Å²) in [5.41, 5.74) is 0. The van der Waals surface area contributed by atoms with Gasteiger partial charge in [0.05, 0.1) is 0 Å². The van der Waals surface area contributed by atoms with E-state index in [0.717, 1.165) is 16.8 Å². The first-order valence-electron chi connectivity index (χ1n) is 3.02. The summed E-state index contributed by atoms with van der Waals surface area (Å²) in [7, 11) is 1.34. The molecule has 1 radical (unpaired) electrons. The summed E-state index contributed by atoms with van der Waals surface area (Å²) < 4.78 is 0. The summed E-state index contributed by atoms with van der Waals surface area (Å²) in [5.74, 6) is 0.0768. The number of thioether (sulfide) groups is 1. The van der Waals surface area contributed by atoms with Gasteiger partial charge in [-0.3, -0.25) is 4.79 Å². The molecule has 0 aromatic heterocycles. The molecule has 0 spiro atoms. The average molecular weight is 176 g/mol. The molecule has 63 valence electrons. The quantitative estimate of drug-likeness (QED) is 0.561. The number of carbonyl (C=O) groups is 2. The topological polar surface area (TPSA) is 46.6 Å². The highest BCUT2D eigenvalue weighted by atomic mass is 32.2. The molecule has 1 amide bonds. The van der Waals surface area contributed by atoms with Crippen molar-refractivity contribution in [1.82, 2.24) is 5.06 Å². The Balaban J connectivity index is 3.66. The number of nitrogens with zero attached hydrogens (tertiary/aromatic N) is 1. The normalized spacial score (nSPS) is 9.00. The molecule has 0 atom stereocenters. The predicted octanol–water partition coefficient (Wildman–Crippen LogP) is 1.08. The average Bonchev–Trinajstić information content (AvgIpc) is 1.87. The molecule has 0 aromatic carbocycles. The van der Waals surface area contributed by atoms with Crippen LogP contribution in [0.5, 0.6) is 0 Å². The van der Waals surface area contributed by atoms with Crippen LogP contribution in [0.25, 0.3) is 0 Å². The van der Waals surface area contributed by atoms with Gasteiger partial charge in [0, 0.05) is 19.7 Å². The van der Waals surface area contributed by atoms with E-state index in [1.165, 1.54) is 7.05 Å². The fraction of sp³-hybridized carbons (Fsp3) is 0.500. The van der Waals surface area contributed by atoms with Gasteiger partial charge in [-0.1, -0.05) is 6.92 Å². The molecule has 0 fully saturated rings. The second-order valence-corrected chi connectivity index (χ2v) is 2.86. The van der Waals surface area contributed by atoms with Crippen molar-refractivity contribution >= 4 is 23.0 Å². The van der Waals surface area contributed by atoms with E-state index in [0.29, 0.717) is 5.75 Å². The van der Waals surface area contributed by atoms with Crippen molar-refractivity contribution in [2.75, 3.05) is 12.8 Å². The molecule has 0 heterocycles. The summed E-state index contributed by atoms with van der Waals surface area (Å²) in [6.07, 6.45) is 0. The zero-order valence-electron chi connectivity index (χ0n) is 6.49. The van der Waals surface area contributed by atoms with Crippen LogP contribution in [0.2, 0.25) is 0 Å². The van der Waals surface area contributed by atoms with Gasteiger partial charge in [0.2, 0.25) is 0 Å². The van der Waals surface area contributed by atoms with Crippen molar-refractivity contribution < 1.29 is 14.4 Å². The smallest absolute Gasteiger partial charge is 0.327 e. The summed E-state index contributed by atoms with van der Waals surface area (Å²) in [4.78, 5) is 25.6. The van der Waals surface area contributed by atoms with E-state index in [9.17, 15) is 9.59 Å². The summed E-state index contributed by atoms with van der Waals surface area (Å²) in [6, 6.07) is 0. The zero-order valence-corrected chi connectivity index (χ0v) is 7.31. The second-order valence-electron chi connectivity index (χ2n) is 1.67. The first kappa shape index (κ1) is 10.3. The van der Waals surface area contributed by atoms with Crippen LogP contribution < -0.4 is 0 Å². The highest BCUT2D eigenvalue weighted by Gasteiger charge is 2.08. The minimum Gasteiger partial charge on any atom is -0.327 e. The number of rotatable bonds is 1. The van der Waals surface area contributed by atoms with E-state index in [2.05, 4.69) is 11.8 Å². The monoisotopic (exact) mass is 176 g/mol. The predicted molar refractivity (Wildman–Crippen MR) is 42.7 cm³/mol. The largest absolute Gasteiger partial charge is 0.391 e. The number of carbonyl (C=O) groups excluding carboxylic acids is 2. The number of hydroxylamine groups is 2. The first-order valence-corrected chi connectivity index (χ1v) is 4.00. The minimum atomic E-state index is -0.546. The maximum absolute atomic E-state index is 10.7. The highest BCUT2D eigenvalue weighted by Crippen LogP contribution is 2.04. The van der Waals surface area contributed by atoms with Crippen LogP contribution in [-0.2, 0) is 9.63 Å². The molecule has 0 bridgehead atoms. The summed E-state index contributed by atoms with van der Waals surface area (Å²) in [5, 5.41) is 0.303. The molecule has 0 rings (SSSR count). The SMILES string of the molecule is [CH2]C(=O)N(C)OC(=O)SCC. The Morgan fingerprint density at radius 3 is 2.55 bits per heavy atom. The molecule has 11 heavy (non-hydrogen) atoms. The summed E-state index contributed by atoms with van der Waals surface area (Å²) >= 11 is 0.994. The first-order chi connectivity index (χ1) is 5.07. The van der Waals surface area contributed by atoms with E-state index in [4.69, 9.17) is 0 Å². The van der Waals surface area contributed by atoms with E-state index < -0.39 is 11.2 Å². The van der Waals surface area contributed by atoms with E-state index in [1.54, 1.807) is 0 Å². The Bertz CT molecular complexity index is 160. The maximum atomic E-state index is 10.7.